The molecule has 0 saturated heterocycles. The summed E-state index contributed by atoms with van der Waals surface area (Å²) in [6.45, 7) is 2.74. The van der Waals surface area contributed by atoms with Crippen LogP contribution >= 0.6 is 12.4 Å². The van der Waals surface area contributed by atoms with Crippen LogP contribution in [-0.2, 0) is 15.1 Å². The molecule has 1 aliphatic carbocycles. The zero-order valence-electron chi connectivity index (χ0n) is 16.2. The van der Waals surface area contributed by atoms with E-state index in [0.29, 0.717) is 12.8 Å². The molecule has 26 heavy (non-hydrogen) atoms. The molecular weight excluding hydrogens is 354 g/mol. The summed E-state index contributed by atoms with van der Waals surface area (Å²) < 4.78 is 10.9. The summed E-state index contributed by atoms with van der Waals surface area (Å²) in [6.07, 6.45) is 2.99. The minimum Gasteiger partial charge on any atom is -0.497 e. The van der Waals surface area contributed by atoms with E-state index in [0.717, 1.165) is 37.1 Å². The number of nitrogens with zero attached hydrogens (tertiary/aromatic N) is 1. The van der Waals surface area contributed by atoms with Crippen LogP contribution in [0.4, 0.5) is 0 Å². The Morgan fingerprint density at radius 1 is 1.35 bits per heavy atom. The van der Waals surface area contributed by atoms with Crippen molar-refractivity contribution in [3.05, 3.63) is 29.8 Å². The van der Waals surface area contributed by atoms with Crippen molar-refractivity contribution in [2.24, 2.45) is 5.92 Å². The van der Waals surface area contributed by atoms with Crippen LogP contribution in [0.1, 0.15) is 44.6 Å². The highest BCUT2D eigenvalue weighted by molar-refractivity contribution is 5.85. The largest absolute Gasteiger partial charge is 0.497 e. The van der Waals surface area contributed by atoms with Crippen molar-refractivity contribution in [1.82, 2.24) is 4.90 Å². The summed E-state index contributed by atoms with van der Waals surface area (Å²) >= 11 is 0. The van der Waals surface area contributed by atoms with Crippen molar-refractivity contribution in [2.45, 2.75) is 50.7 Å². The van der Waals surface area contributed by atoms with Crippen molar-refractivity contribution < 1.29 is 19.4 Å². The van der Waals surface area contributed by atoms with Crippen LogP contribution in [0.15, 0.2) is 24.3 Å². The van der Waals surface area contributed by atoms with Crippen LogP contribution in [0.25, 0.3) is 0 Å². The summed E-state index contributed by atoms with van der Waals surface area (Å²) in [5.41, 5.74) is -0.205. The predicted molar refractivity (Wildman–Crippen MR) is 105 cm³/mol. The van der Waals surface area contributed by atoms with Gasteiger partial charge in [-0.15, -0.1) is 12.4 Å². The molecule has 0 bridgehead atoms. The number of benzene rings is 1. The Morgan fingerprint density at radius 3 is 2.69 bits per heavy atom. The number of carbonyl (C=O) groups is 1. The summed E-state index contributed by atoms with van der Waals surface area (Å²) in [4.78, 5) is 14.0. The molecule has 3 atom stereocenters. The van der Waals surface area contributed by atoms with Crippen LogP contribution in [0, 0.1) is 5.92 Å². The van der Waals surface area contributed by atoms with Gasteiger partial charge in [-0.2, -0.15) is 0 Å². The highest BCUT2D eigenvalue weighted by Crippen LogP contribution is 2.43. The van der Waals surface area contributed by atoms with Crippen molar-refractivity contribution in [3.63, 3.8) is 0 Å². The zero-order chi connectivity index (χ0) is 18.4. The average molecular weight is 386 g/mol. The number of esters is 1. The third-order valence-corrected chi connectivity index (χ3v) is 4.96. The van der Waals surface area contributed by atoms with Crippen LogP contribution in [0.5, 0.6) is 5.75 Å². The quantitative estimate of drug-likeness (QED) is 0.729. The molecule has 0 aromatic heterocycles. The fraction of sp³-hybridized carbons (Fsp3) is 0.650. The van der Waals surface area contributed by atoms with E-state index in [2.05, 4.69) is 4.90 Å². The van der Waals surface area contributed by atoms with E-state index in [1.54, 1.807) is 7.11 Å². The van der Waals surface area contributed by atoms with Crippen LogP contribution in [0.3, 0.4) is 0 Å². The molecule has 1 saturated carbocycles. The number of methoxy groups -OCH3 is 1. The molecule has 2 rings (SSSR count). The first kappa shape index (κ1) is 22.7. The van der Waals surface area contributed by atoms with Gasteiger partial charge in [-0.3, -0.25) is 4.79 Å². The maximum absolute atomic E-state index is 11.9. The Balaban J connectivity index is 0.00000338. The number of carbonyl (C=O) groups excluding carboxylic acids is 1. The molecule has 1 N–H and O–H groups in total. The third-order valence-electron chi connectivity index (χ3n) is 4.96. The molecule has 3 unspecified atom stereocenters. The van der Waals surface area contributed by atoms with E-state index in [9.17, 15) is 9.90 Å². The van der Waals surface area contributed by atoms with E-state index in [1.165, 1.54) is 0 Å². The molecule has 1 aliphatic rings. The third kappa shape index (κ3) is 5.60. The molecule has 0 amide bonds. The molecule has 6 heteroatoms. The van der Waals surface area contributed by atoms with Crippen molar-refractivity contribution in [3.8, 4) is 5.75 Å². The smallest absolute Gasteiger partial charge is 0.306 e. The van der Waals surface area contributed by atoms with Gasteiger partial charge in [0.1, 0.15) is 11.9 Å². The lowest BCUT2D eigenvalue weighted by molar-refractivity contribution is -0.161. The van der Waals surface area contributed by atoms with E-state index in [-0.39, 0.29) is 30.4 Å². The van der Waals surface area contributed by atoms with Gasteiger partial charge < -0.3 is 19.5 Å². The zero-order valence-corrected chi connectivity index (χ0v) is 17.1. The van der Waals surface area contributed by atoms with Gasteiger partial charge in [0.2, 0.25) is 0 Å². The first-order valence-corrected chi connectivity index (χ1v) is 9.10. The molecule has 0 radical (unpaired) electrons. The predicted octanol–water partition coefficient (Wildman–Crippen LogP) is 3.38. The standard InChI is InChI=1S/C20H31NO4.ClH/c1-5-7-19(22)25-18-11-10-16(14-21(2)3)20(23,13-18)15-8-6-9-17(12-15)24-4;/h6,8-9,12,16,18,23H,5,7,10-11,13-14H2,1-4H3;1H. The van der Waals surface area contributed by atoms with E-state index < -0.39 is 5.60 Å². The normalized spacial score (nSPS) is 25.5. The lowest BCUT2D eigenvalue weighted by Gasteiger charge is -2.44. The Hall–Kier alpha value is -1.30. The first-order chi connectivity index (χ1) is 11.9. The monoisotopic (exact) mass is 385 g/mol. The number of hydrogen-bond acceptors (Lipinski definition) is 5. The molecule has 0 aliphatic heterocycles. The molecule has 1 fully saturated rings. The molecule has 1 aromatic carbocycles. The number of ether oxygens (including phenoxy) is 2. The minimum atomic E-state index is -1.03. The molecule has 5 nitrogen and oxygen atoms in total. The summed E-state index contributed by atoms with van der Waals surface area (Å²) in [7, 11) is 5.65. The minimum absolute atomic E-state index is 0. The van der Waals surface area contributed by atoms with E-state index in [4.69, 9.17) is 9.47 Å². The lowest BCUT2D eigenvalue weighted by atomic mass is 9.70. The summed E-state index contributed by atoms with van der Waals surface area (Å²) in [5.74, 6) is 0.627. The van der Waals surface area contributed by atoms with E-state index in [1.807, 2.05) is 45.3 Å². The Bertz CT molecular complexity index is 581. The Labute approximate surface area is 163 Å². The number of hydrogen-bond donors (Lipinski definition) is 1. The number of rotatable bonds is 7. The van der Waals surface area contributed by atoms with Crippen molar-refractivity contribution >= 4 is 18.4 Å². The number of aliphatic hydroxyl groups is 1. The highest BCUT2D eigenvalue weighted by atomic mass is 35.5. The first-order valence-electron chi connectivity index (χ1n) is 9.10. The maximum atomic E-state index is 11.9. The summed E-state index contributed by atoms with van der Waals surface area (Å²) in [5, 5.41) is 11.6. The fourth-order valence-electron chi connectivity index (χ4n) is 3.72. The van der Waals surface area contributed by atoms with Gasteiger partial charge in [-0.1, -0.05) is 19.1 Å². The second kappa shape index (κ2) is 10.1. The number of halogens is 1. The highest BCUT2D eigenvalue weighted by Gasteiger charge is 2.45. The van der Waals surface area contributed by atoms with Crippen LogP contribution in [0.2, 0.25) is 0 Å². The van der Waals surface area contributed by atoms with Crippen LogP contribution < -0.4 is 4.74 Å². The topological polar surface area (TPSA) is 59.0 Å². The lowest BCUT2D eigenvalue weighted by Crippen LogP contribution is -2.47. The fourth-order valence-corrected chi connectivity index (χ4v) is 3.72. The molecule has 0 spiro atoms. The van der Waals surface area contributed by atoms with Gasteiger partial charge >= 0.3 is 5.97 Å². The maximum Gasteiger partial charge on any atom is 0.306 e. The molecule has 0 heterocycles. The Morgan fingerprint density at radius 2 is 2.08 bits per heavy atom. The molecule has 148 valence electrons. The van der Waals surface area contributed by atoms with Crippen molar-refractivity contribution in [1.29, 1.82) is 0 Å². The second-order valence-corrected chi connectivity index (χ2v) is 7.26. The van der Waals surface area contributed by atoms with E-state index >= 15 is 0 Å². The van der Waals surface area contributed by atoms with Gasteiger partial charge in [-0.05, 0) is 51.1 Å². The van der Waals surface area contributed by atoms with Gasteiger partial charge in [0.05, 0.1) is 12.7 Å². The average Bonchev–Trinajstić information content (AvgIpc) is 2.57. The van der Waals surface area contributed by atoms with Gasteiger partial charge in [0.15, 0.2) is 0 Å². The molecular formula is C20H32ClNO4. The van der Waals surface area contributed by atoms with Gasteiger partial charge in [0, 0.05) is 25.3 Å². The SMILES string of the molecule is CCCC(=O)OC1CCC(CN(C)C)C(O)(c2cccc(OC)c2)C1.Cl. The van der Waals surface area contributed by atoms with Gasteiger partial charge in [0.25, 0.3) is 0 Å². The van der Waals surface area contributed by atoms with Gasteiger partial charge in [-0.25, -0.2) is 0 Å². The second-order valence-electron chi connectivity index (χ2n) is 7.26. The summed E-state index contributed by atoms with van der Waals surface area (Å²) in [6, 6.07) is 7.58. The van der Waals surface area contributed by atoms with Crippen LogP contribution in [-0.4, -0.2) is 49.8 Å². The molecule has 1 aromatic rings. The van der Waals surface area contributed by atoms with Crippen molar-refractivity contribution in [2.75, 3.05) is 27.7 Å². The Kier molecular flexibility index (Phi) is 8.87.